The van der Waals surface area contributed by atoms with Crippen molar-refractivity contribution >= 4 is 5.97 Å². The fourth-order valence-electron chi connectivity index (χ4n) is 1.23. The molecule has 0 aliphatic heterocycles. The summed E-state index contributed by atoms with van der Waals surface area (Å²) in [6.45, 7) is 6.74. The number of benzene rings is 1. The van der Waals surface area contributed by atoms with E-state index in [-0.39, 0.29) is 11.0 Å². The molecule has 94 valence electrons. The summed E-state index contributed by atoms with van der Waals surface area (Å²) in [6.07, 6.45) is 0.843. The van der Waals surface area contributed by atoms with Crippen molar-refractivity contribution in [2.24, 2.45) is 5.41 Å². The lowest BCUT2D eigenvalue weighted by molar-refractivity contribution is 0.0692. The fraction of sp³-hybridized carbons (Fsp3) is 0.462. The second-order valence-corrected chi connectivity index (χ2v) is 5.11. The maximum Gasteiger partial charge on any atom is 0.338 e. The Labute approximate surface area is 100 Å². The van der Waals surface area contributed by atoms with Crippen molar-refractivity contribution in [2.45, 2.75) is 27.2 Å². The zero-order chi connectivity index (χ0) is 13.1. The number of hydrogen-bond donors (Lipinski definition) is 1. The van der Waals surface area contributed by atoms with Gasteiger partial charge in [-0.25, -0.2) is 9.18 Å². The summed E-state index contributed by atoms with van der Waals surface area (Å²) in [7, 11) is 0. The van der Waals surface area contributed by atoms with Gasteiger partial charge >= 0.3 is 5.97 Å². The van der Waals surface area contributed by atoms with Crippen LogP contribution in [0.3, 0.4) is 0 Å². The lowest BCUT2D eigenvalue weighted by Crippen LogP contribution is -2.11. The van der Waals surface area contributed by atoms with E-state index in [1.54, 1.807) is 0 Å². The molecule has 0 bridgehead atoms. The molecule has 1 aromatic rings. The molecule has 0 heterocycles. The maximum absolute atomic E-state index is 13.3. The van der Waals surface area contributed by atoms with Crippen molar-refractivity contribution < 1.29 is 19.0 Å². The van der Waals surface area contributed by atoms with E-state index in [0.717, 1.165) is 12.5 Å². The molecule has 0 saturated heterocycles. The van der Waals surface area contributed by atoms with Gasteiger partial charge in [0.2, 0.25) is 0 Å². The Bertz CT molecular complexity index is 408. The monoisotopic (exact) mass is 240 g/mol. The number of carbonyl (C=O) groups is 1. The minimum atomic E-state index is -1.27. The molecule has 0 aliphatic rings. The van der Waals surface area contributed by atoms with E-state index in [1.807, 2.05) is 0 Å². The Morgan fingerprint density at radius 1 is 1.41 bits per heavy atom. The predicted molar refractivity (Wildman–Crippen MR) is 62.9 cm³/mol. The first-order valence-corrected chi connectivity index (χ1v) is 5.45. The van der Waals surface area contributed by atoms with E-state index in [9.17, 15) is 9.18 Å². The molecule has 1 rings (SSSR count). The van der Waals surface area contributed by atoms with Gasteiger partial charge in [-0.15, -0.1) is 0 Å². The van der Waals surface area contributed by atoms with Gasteiger partial charge in [0.15, 0.2) is 0 Å². The summed E-state index contributed by atoms with van der Waals surface area (Å²) in [5, 5.41) is 8.66. The summed E-state index contributed by atoms with van der Waals surface area (Å²) >= 11 is 0. The quantitative estimate of drug-likeness (QED) is 0.878. The van der Waals surface area contributed by atoms with Crippen molar-refractivity contribution in [2.75, 3.05) is 6.61 Å². The van der Waals surface area contributed by atoms with Gasteiger partial charge in [-0.05, 0) is 24.0 Å². The van der Waals surface area contributed by atoms with Gasteiger partial charge in [-0.3, -0.25) is 0 Å². The van der Waals surface area contributed by atoms with Gasteiger partial charge in [0.05, 0.1) is 12.2 Å². The molecule has 0 aliphatic carbocycles. The highest BCUT2D eigenvalue weighted by Crippen LogP contribution is 2.21. The van der Waals surface area contributed by atoms with Crippen LogP contribution in [-0.2, 0) is 0 Å². The van der Waals surface area contributed by atoms with Crippen LogP contribution < -0.4 is 4.74 Å². The van der Waals surface area contributed by atoms with Crippen LogP contribution in [0.15, 0.2) is 18.2 Å². The second-order valence-electron chi connectivity index (χ2n) is 5.11. The fourth-order valence-corrected chi connectivity index (χ4v) is 1.23. The molecular weight excluding hydrogens is 223 g/mol. The number of carboxylic acid groups (broad SMARTS) is 1. The van der Waals surface area contributed by atoms with E-state index >= 15 is 0 Å². The predicted octanol–water partition coefficient (Wildman–Crippen LogP) is 3.34. The molecule has 0 spiro atoms. The molecule has 1 aromatic carbocycles. The minimum Gasteiger partial charge on any atom is -0.493 e. The minimum absolute atomic E-state index is 0.152. The van der Waals surface area contributed by atoms with Crippen molar-refractivity contribution in [1.82, 2.24) is 0 Å². The summed E-state index contributed by atoms with van der Waals surface area (Å²) in [5.74, 6) is -1.69. The Kier molecular flexibility index (Phi) is 4.10. The lowest BCUT2D eigenvalue weighted by atomic mass is 9.93. The average molecular weight is 240 g/mol. The van der Waals surface area contributed by atoms with Crippen molar-refractivity contribution in [1.29, 1.82) is 0 Å². The molecule has 1 N–H and O–H groups in total. The highest BCUT2D eigenvalue weighted by molar-refractivity contribution is 5.88. The van der Waals surface area contributed by atoms with E-state index in [0.29, 0.717) is 12.4 Å². The highest BCUT2D eigenvalue weighted by Gasteiger charge is 2.12. The van der Waals surface area contributed by atoms with Crippen LogP contribution in [0.25, 0.3) is 0 Å². The van der Waals surface area contributed by atoms with Gasteiger partial charge in [0.25, 0.3) is 0 Å². The number of halogens is 1. The van der Waals surface area contributed by atoms with Gasteiger partial charge in [0, 0.05) is 6.07 Å². The molecule has 0 saturated carbocycles. The Hall–Kier alpha value is -1.58. The molecule has 0 atom stereocenters. The molecular formula is C13H17FO3. The zero-order valence-corrected chi connectivity index (χ0v) is 10.3. The number of carboxylic acids is 1. The van der Waals surface area contributed by atoms with Gasteiger partial charge in [-0.1, -0.05) is 20.8 Å². The molecule has 0 fully saturated rings. The topological polar surface area (TPSA) is 46.5 Å². The molecule has 4 heteroatoms. The first-order chi connectivity index (χ1) is 7.79. The standard InChI is InChI=1S/C13H17FO3/c1-13(2,3)6-7-17-9-4-5-10(12(15)16)11(14)8-9/h4-5,8H,6-7H2,1-3H3,(H,15,16). The van der Waals surface area contributed by atoms with Crippen LogP contribution in [-0.4, -0.2) is 17.7 Å². The zero-order valence-electron chi connectivity index (χ0n) is 10.3. The summed E-state index contributed by atoms with van der Waals surface area (Å²) in [5.41, 5.74) is -0.187. The molecule has 0 amide bonds. The largest absolute Gasteiger partial charge is 0.493 e. The highest BCUT2D eigenvalue weighted by atomic mass is 19.1. The number of ether oxygens (including phenoxy) is 1. The third-order valence-corrected chi connectivity index (χ3v) is 2.29. The first-order valence-electron chi connectivity index (χ1n) is 5.45. The van der Waals surface area contributed by atoms with E-state index in [1.165, 1.54) is 12.1 Å². The SMILES string of the molecule is CC(C)(C)CCOc1ccc(C(=O)O)c(F)c1. The third kappa shape index (κ3) is 4.43. The summed E-state index contributed by atoms with van der Waals surface area (Å²) in [6, 6.07) is 3.78. The van der Waals surface area contributed by atoms with Crippen LogP contribution in [0.1, 0.15) is 37.6 Å². The van der Waals surface area contributed by atoms with Gasteiger partial charge in [0.1, 0.15) is 11.6 Å². The average Bonchev–Trinajstić information content (AvgIpc) is 2.15. The van der Waals surface area contributed by atoms with Crippen LogP contribution in [0.5, 0.6) is 5.75 Å². The Morgan fingerprint density at radius 3 is 2.53 bits per heavy atom. The van der Waals surface area contributed by atoms with E-state index in [4.69, 9.17) is 9.84 Å². The molecule has 0 unspecified atom stereocenters. The van der Waals surface area contributed by atoms with Crippen molar-refractivity contribution in [3.05, 3.63) is 29.6 Å². The van der Waals surface area contributed by atoms with Crippen LogP contribution >= 0.6 is 0 Å². The van der Waals surface area contributed by atoms with Gasteiger partial charge < -0.3 is 9.84 Å². The van der Waals surface area contributed by atoms with Gasteiger partial charge in [-0.2, -0.15) is 0 Å². The number of aromatic carboxylic acids is 1. The Balaban J connectivity index is 2.62. The van der Waals surface area contributed by atoms with E-state index in [2.05, 4.69) is 20.8 Å². The van der Waals surface area contributed by atoms with Crippen LogP contribution in [0.4, 0.5) is 4.39 Å². The second kappa shape index (κ2) is 5.17. The van der Waals surface area contributed by atoms with Crippen LogP contribution in [0.2, 0.25) is 0 Å². The lowest BCUT2D eigenvalue weighted by Gasteiger charge is -2.18. The molecule has 17 heavy (non-hydrogen) atoms. The normalized spacial score (nSPS) is 11.3. The third-order valence-electron chi connectivity index (χ3n) is 2.29. The smallest absolute Gasteiger partial charge is 0.338 e. The summed E-state index contributed by atoms with van der Waals surface area (Å²) < 4.78 is 18.7. The van der Waals surface area contributed by atoms with Crippen LogP contribution in [0, 0.1) is 11.2 Å². The first kappa shape index (κ1) is 13.5. The molecule has 0 aromatic heterocycles. The summed E-state index contributed by atoms with van der Waals surface area (Å²) in [4.78, 5) is 10.6. The molecule has 3 nitrogen and oxygen atoms in total. The number of hydrogen-bond acceptors (Lipinski definition) is 2. The number of rotatable bonds is 4. The Morgan fingerprint density at radius 2 is 2.06 bits per heavy atom. The maximum atomic E-state index is 13.3. The van der Waals surface area contributed by atoms with Crippen molar-refractivity contribution in [3.8, 4) is 5.75 Å². The molecule has 0 radical (unpaired) electrons. The van der Waals surface area contributed by atoms with E-state index < -0.39 is 11.8 Å². The van der Waals surface area contributed by atoms with Crippen molar-refractivity contribution in [3.63, 3.8) is 0 Å².